The minimum absolute atomic E-state index is 0.123. The van der Waals surface area contributed by atoms with E-state index in [-0.39, 0.29) is 16.0 Å². The molecule has 29 heavy (non-hydrogen) atoms. The van der Waals surface area contributed by atoms with E-state index in [9.17, 15) is 26.4 Å². The summed E-state index contributed by atoms with van der Waals surface area (Å²) in [6, 6.07) is 14.8. The van der Waals surface area contributed by atoms with Gasteiger partial charge in [-0.3, -0.25) is 0 Å². The Hall–Kier alpha value is -3.33. The molecule has 1 aromatic heterocycles. The van der Waals surface area contributed by atoms with Crippen LogP contribution < -0.4 is 9.81 Å². The maximum absolute atomic E-state index is 13.1. The second-order valence-corrected chi connectivity index (χ2v) is 7.73. The van der Waals surface area contributed by atoms with Crippen LogP contribution in [0.2, 0.25) is 0 Å². The maximum Gasteiger partial charge on any atom is 0.417 e. The van der Waals surface area contributed by atoms with Crippen LogP contribution in [-0.2, 0) is 16.3 Å². The highest BCUT2D eigenvalue weighted by Crippen LogP contribution is 2.35. The summed E-state index contributed by atoms with van der Waals surface area (Å²) in [6.07, 6.45) is -4.77. The molecule has 0 saturated carbocycles. The van der Waals surface area contributed by atoms with Crippen molar-refractivity contribution in [2.45, 2.75) is 11.1 Å². The third kappa shape index (κ3) is 3.68. The third-order valence-electron chi connectivity index (χ3n) is 4.24. The van der Waals surface area contributed by atoms with Gasteiger partial charge in [0.25, 0.3) is 0 Å². The SMILES string of the molecule is O=c1cc(C(F)(F)F)c2ccc(OS(=O)(=O)c3ccc4ccccc4c3)cc2o1. The van der Waals surface area contributed by atoms with Gasteiger partial charge in [-0.2, -0.15) is 21.6 Å². The number of fused-ring (bicyclic) bond motifs is 2. The molecule has 148 valence electrons. The molecule has 0 bridgehead atoms. The van der Waals surface area contributed by atoms with Gasteiger partial charge in [-0.15, -0.1) is 0 Å². The fourth-order valence-corrected chi connectivity index (χ4v) is 3.89. The molecule has 0 N–H and O–H groups in total. The number of alkyl halides is 3. The molecule has 1 heterocycles. The van der Waals surface area contributed by atoms with Gasteiger partial charge in [-0.05, 0) is 35.0 Å². The lowest BCUT2D eigenvalue weighted by Gasteiger charge is -2.11. The Bertz CT molecular complexity index is 1410. The quantitative estimate of drug-likeness (QED) is 0.354. The van der Waals surface area contributed by atoms with E-state index in [1.807, 2.05) is 12.1 Å². The maximum atomic E-state index is 13.1. The molecule has 4 rings (SSSR count). The van der Waals surface area contributed by atoms with Gasteiger partial charge < -0.3 is 8.60 Å². The van der Waals surface area contributed by atoms with Crippen LogP contribution >= 0.6 is 0 Å². The molecule has 0 aliphatic heterocycles. The predicted molar refractivity (Wildman–Crippen MR) is 99.2 cm³/mol. The lowest BCUT2D eigenvalue weighted by Crippen LogP contribution is -2.12. The second kappa shape index (κ2) is 6.63. The first-order valence-electron chi connectivity index (χ1n) is 8.22. The Kier molecular flexibility index (Phi) is 4.34. The van der Waals surface area contributed by atoms with Crippen LogP contribution in [0.25, 0.3) is 21.7 Å². The topological polar surface area (TPSA) is 73.6 Å². The predicted octanol–water partition coefficient (Wildman–Crippen LogP) is 4.73. The Morgan fingerprint density at radius 1 is 0.862 bits per heavy atom. The van der Waals surface area contributed by atoms with Gasteiger partial charge in [0, 0.05) is 17.5 Å². The van der Waals surface area contributed by atoms with Crippen molar-refractivity contribution in [2.24, 2.45) is 0 Å². The monoisotopic (exact) mass is 420 g/mol. The minimum atomic E-state index is -4.77. The first-order valence-corrected chi connectivity index (χ1v) is 9.63. The van der Waals surface area contributed by atoms with Crippen molar-refractivity contribution in [2.75, 3.05) is 0 Å². The molecule has 0 amide bonds. The molecule has 0 radical (unpaired) electrons. The van der Waals surface area contributed by atoms with Crippen LogP contribution in [0.3, 0.4) is 0 Å². The Morgan fingerprint density at radius 2 is 1.59 bits per heavy atom. The molecule has 0 aliphatic rings. The summed E-state index contributed by atoms with van der Waals surface area (Å²) in [5.74, 6) is -0.284. The molecule has 9 heteroatoms. The number of halogens is 3. The van der Waals surface area contributed by atoms with Gasteiger partial charge in [-0.1, -0.05) is 30.3 Å². The van der Waals surface area contributed by atoms with Gasteiger partial charge in [0.15, 0.2) is 0 Å². The van der Waals surface area contributed by atoms with Crippen LogP contribution in [-0.4, -0.2) is 8.42 Å². The summed E-state index contributed by atoms with van der Waals surface area (Å²) in [4.78, 5) is 11.3. The molecule has 5 nitrogen and oxygen atoms in total. The molecule has 0 spiro atoms. The summed E-state index contributed by atoms with van der Waals surface area (Å²) >= 11 is 0. The lowest BCUT2D eigenvalue weighted by atomic mass is 10.1. The normalized spacial score (nSPS) is 12.4. The van der Waals surface area contributed by atoms with Gasteiger partial charge in [-0.25, -0.2) is 4.79 Å². The highest BCUT2D eigenvalue weighted by molar-refractivity contribution is 7.87. The van der Waals surface area contributed by atoms with Crippen molar-refractivity contribution in [3.63, 3.8) is 0 Å². The lowest BCUT2D eigenvalue weighted by molar-refractivity contribution is -0.136. The number of benzene rings is 3. The van der Waals surface area contributed by atoms with Crippen LogP contribution in [0.1, 0.15) is 5.56 Å². The van der Waals surface area contributed by atoms with Crippen molar-refractivity contribution in [3.8, 4) is 5.75 Å². The van der Waals surface area contributed by atoms with E-state index in [4.69, 9.17) is 8.60 Å². The average Bonchev–Trinajstić information content (AvgIpc) is 2.65. The highest BCUT2D eigenvalue weighted by atomic mass is 32.2. The fraction of sp³-hybridized carbons (Fsp3) is 0.0500. The molecular weight excluding hydrogens is 409 g/mol. The summed E-state index contributed by atoms with van der Waals surface area (Å²) in [5, 5.41) is 1.13. The van der Waals surface area contributed by atoms with Gasteiger partial charge in [0.05, 0.1) is 5.56 Å². The first-order chi connectivity index (χ1) is 13.6. The van der Waals surface area contributed by atoms with E-state index in [2.05, 4.69) is 0 Å². The summed E-state index contributed by atoms with van der Waals surface area (Å²) in [5.41, 5.74) is -2.82. The summed E-state index contributed by atoms with van der Waals surface area (Å²) < 4.78 is 74.3. The van der Waals surface area contributed by atoms with E-state index in [0.29, 0.717) is 11.5 Å². The molecule has 0 saturated heterocycles. The minimum Gasteiger partial charge on any atom is -0.423 e. The van der Waals surface area contributed by atoms with Crippen LogP contribution in [0.15, 0.2) is 80.8 Å². The molecule has 3 aromatic carbocycles. The largest absolute Gasteiger partial charge is 0.423 e. The van der Waals surface area contributed by atoms with Gasteiger partial charge in [0.2, 0.25) is 0 Å². The number of rotatable bonds is 3. The molecule has 0 aliphatic carbocycles. The number of hydrogen-bond donors (Lipinski definition) is 0. The van der Waals surface area contributed by atoms with E-state index in [1.54, 1.807) is 18.2 Å². The zero-order chi connectivity index (χ0) is 20.8. The Balaban J connectivity index is 1.75. The average molecular weight is 420 g/mol. The second-order valence-electron chi connectivity index (χ2n) is 6.18. The fourth-order valence-electron chi connectivity index (χ4n) is 2.93. The molecule has 4 aromatic rings. The standard InChI is InChI=1S/C20H11F3O5S/c21-20(22,23)17-11-19(24)27-18-10-14(6-8-16(17)18)28-29(25,26)15-7-5-12-3-1-2-4-13(12)9-15/h1-11H. The Labute approximate surface area is 162 Å². The van der Waals surface area contributed by atoms with Crippen molar-refractivity contribution in [1.29, 1.82) is 0 Å². The van der Waals surface area contributed by atoms with E-state index < -0.39 is 33.1 Å². The first kappa shape index (κ1) is 19.0. The van der Waals surface area contributed by atoms with Crippen molar-refractivity contribution < 1.29 is 30.2 Å². The van der Waals surface area contributed by atoms with Crippen molar-refractivity contribution in [1.82, 2.24) is 0 Å². The van der Waals surface area contributed by atoms with Gasteiger partial charge in [0.1, 0.15) is 16.2 Å². The van der Waals surface area contributed by atoms with Crippen molar-refractivity contribution >= 4 is 31.9 Å². The summed E-state index contributed by atoms with van der Waals surface area (Å²) in [6.45, 7) is 0. The van der Waals surface area contributed by atoms with Crippen LogP contribution in [0.4, 0.5) is 13.2 Å². The summed E-state index contributed by atoms with van der Waals surface area (Å²) in [7, 11) is -4.26. The Morgan fingerprint density at radius 3 is 2.31 bits per heavy atom. The van der Waals surface area contributed by atoms with Crippen LogP contribution in [0, 0.1) is 0 Å². The third-order valence-corrected chi connectivity index (χ3v) is 5.48. The van der Waals surface area contributed by atoms with E-state index in [1.165, 1.54) is 12.1 Å². The highest BCUT2D eigenvalue weighted by Gasteiger charge is 2.34. The van der Waals surface area contributed by atoms with E-state index >= 15 is 0 Å². The molecular formula is C20H11F3O5S. The molecule has 0 fully saturated rings. The van der Waals surface area contributed by atoms with Crippen molar-refractivity contribution in [3.05, 3.63) is 82.7 Å². The van der Waals surface area contributed by atoms with Crippen LogP contribution in [0.5, 0.6) is 5.75 Å². The van der Waals surface area contributed by atoms with E-state index in [0.717, 1.165) is 23.6 Å². The molecule has 0 atom stereocenters. The van der Waals surface area contributed by atoms with Gasteiger partial charge >= 0.3 is 21.9 Å². The number of hydrogen-bond acceptors (Lipinski definition) is 5. The molecule has 0 unspecified atom stereocenters. The smallest absolute Gasteiger partial charge is 0.417 e. The zero-order valence-electron chi connectivity index (χ0n) is 14.4. The zero-order valence-corrected chi connectivity index (χ0v) is 15.3.